The molecule has 672 valence electrons. The van der Waals surface area contributed by atoms with Crippen LogP contribution in [0.4, 0.5) is 0 Å². The molecule has 0 radical (unpaired) electrons. The summed E-state index contributed by atoms with van der Waals surface area (Å²) < 4.78 is 66.1. The molecule has 4 fully saturated rings. The summed E-state index contributed by atoms with van der Waals surface area (Å²) in [5.74, 6) is -2.09. The molecular weight excluding hydrogens is 1660 g/mol. The van der Waals surface area contributed by atoms with Gasteiger partial charge in [0.15, 0.2) is 0 Å². The van der Waals surface area contributed by atoms with Gasteiger partial charge >= 0.3 is 0 Å². The van der Waals surface area contributed by atoms with Crippen molar-refractivity contribution in [2.24, 2.45) is 0 Å². The molecule has 4 saturated heterocycles. The number of amides is 6. The van der Waals surface area contributed by atoms with Crippen LogP contribution in [0.3, 0.4) is 0 Å². The second kappa shape index (κ2) is 35.5. The van der Waals surface area contributed by atoms with Crippen molar-refractivity contribution < 1.29 is 75.5 Å². The first-order valence-electron chi connectivity index (χ1n) is 46.4. The van der Waals surface area contributed by atoms with Crippen LogP contribution in [0.1, 0.15) is 185 Å². The van der Waals surface area contributed by atoms with Crippen LogP contribution in [0.5, 0.6) is 46.0 Å². The molecule has 3 N–H and O–H groups in total. The standard InChI is InChI=1S/C109H105N7O16/c1-60(2)64-20-30-70(31-21-64)127-90-49-82-94-83(105(118)115(104(82)117)102(68-28-38-80-78-16-9-11-18-86(78)131-88(80)47-68)108(121)113(43-14-13-15-74-56-123-74)44-40-110-53-75-57-124-75)50-91(128-71-32-22-65(23-33-71)61(3)4)97-99-93(130-73-36-26-67(27-37-73)63(7)8)52-85-95-84(51-92(98(101(95)99)96(90)100(94)97)129-72-34-24-66(25-35-72)62(5)6)106(119)116(107(85)120)103(69-29-39-81-79-17-10-12-19-87(79)132-89(81)48-69)109(122)114(45-41-111-54-76-58-125-76)46-42-112-55-77-59-126-77/h9-12,16-39,47-52,60-63,74-77,102-103,110-112H,13-15,40-46,53-59H2,1-8H3. The van der Waals surface area contributed by atoms with Crippen LogP contribution >= 0.6 is 0 Å². The van der Waals surface area contributed by atoms with Gasteiger partial charge in [-0.1, -0.05) is 165 Å². The summed E-state index contributed by atoms with van der Waals surface area (Å²) in [6.45, 7) is 23.0. The number of benzene rings is 13. The second-order valence-corrected chi connectivity index (χ2v) is 37.0. The van der Waals surface area contributed by atoms with Crippen LogP contribution in [0.2, 0.25) is 0 Å². The SMILES string of the molecule is CC(C)c1ccc(Oc2cc3c4c(cc(Oc5ccc(C(C)C)cc5)c5c6c(Oc7ccc(C(C)C)cc7)cc7c8c(cc(Oc9ccc(C(C)C)cc9)c(c2c45)c86)C(=O)N(C(C(=O)N(CCNCC2CO2)CCNCC2CO2)c2ccc4c(c2)oc2ccccc24)C7=O)C(=O)N(C(C(=O)N(CCCCC2CO2)CCNCC2CO2)c2ccc4c(c2)oc2ccccc24)C3=O)cc1. The molecule has 23 nitrogen and oxygen atoms in total. The van der Waals surface area contributed by atoms with Crippen LogP contribution in [0, 0.1) is 0 Å². The molecule has 0 bridgehead atoms. The molecule has 2 aromatic heterocycles. The fraction of sp³-hybridized carbons (Fsp3) is 0.321. The minimum absolute atomic E-state index is 0.00419. The summed E-state index contributed by atoms with van der Waals surface area (Å²) in [6.07, 6.45) is 2.46. The molecule has 6 amide bonds. The van der Waals surface area contributed by atoms with E-state index in [-0.39, 0.29) is 163 Å². The molecule has 21 rings (SSSR count). The Morgan fingerprint density at radius 3 is 0.924 bits per heavy atom. The zero-order chi connectivity index (χ0) is 90.4. The van der Waals surface area contributed by atoms with Gasteiger partial charge < -0.3 is 72.5 Å². The van der Waals surface area contributed by atoms with E-state index in [9.17, 15) is 0 Å². The largest absolute Gasteiger partial charge is 0.457 e. The van der Waals surface area contributed by atoms with E-state index in [0.717, 1.165) is 66.4 Å². The number of rotatable bonds is 38. The van der Waals surface area contributed by atoms with Gasteiger partial charge in [-0.2, -0.15) is 0 Å². The van der Waals surface area contributed by atoms with Crippen molar-refractivity contribution >= 4 is 122 Å². The Morgan fingerprint density at radius 1 is 0.333 bits per heavy atom. The molecule has 0 aliphatic carbocycles. The van der Waals surface area contributed by atoms with E-state index >= 15 is 28.8 Å². The first-order chi connectivity index (χ1) is 64.2. The maximum absolute atomic E-state index is 17.5. The molecule has 132 heavy (non-hydrogen) atoms. The highest BCUT2D eigenvalue weighted by atomic mass is 16.6. The molecule has 6 aliphatic heterocycles. The highest BCUT2D eigenvalue weighted by Crippen LogP contribution is 2.59. The Bertz CT molecular complexity index is 6330. The van der Waals surface area contributed by atoms with Crippen LogP contribution in [0.25, 0.3) is 87.0 Å². The summed E-state index contributed by atoms with van der Waals surface area (Å²) in [5, 5.41) is 15.7. The van der Waals surface area contributed by atoms with E-state index in [2.05, 4.69) is 71.3 Å². The fourth-order valence-corrected chi connectivity index (χ4v) is 19.1. The predicted molar refractivity (Wildman–Crippen MR) is 509 cm³/mol. The van der Waals surface area contributed by atoms with Crippen molar-refractivity contribution in [3.8, 4) is 46.0 Å². The minimum Gasteiger partial charge on any atom is -0.457 e. The van der Waals surface area contributed by atoms with Crippen molar-refractivity contribution in [1.29, 1.82) is 0 Å². The van der Waals surface area contributed by atoms with E-state index in [1.807, 2.05) is 164 Å². The fourth-order valence-electron chi connectivity index (χ4n) is 19.1. The van der Waals surface area contributed by atoms with Crippen LogP contribution in [-0.2, 0) is 28.5 Å². The number of ether oxygens (including phenoxy) is 8. The van der Waals surface area contributed by atoms with Crippen LogP contribution in [-0.4, -0.2) is 171 Å². The molecule has 13 aromatic carbocycles. The molecule has 6 aliphatic rings. The maximum Gasteiger partial charge on any atom is 0.262 e. The van der Waals surface area contributed by atoms with Gasteiger partial charge in [-0.05, 0) is 173 Å². The Hall–Kier alpha value is -13.1. The van der Waals surface area contributed by atoms with Gasteiger partial charge in [0.1, 0.15) is 80.4 Å². The number of carbonyl (C=O) groups is 6. The van der Waals surface area contributed by atoms with Crippen molar-refractivity contribution in [3.63, 3.8) is 0 Å². The lowest BCUT2D eigenvalue weighted by atomic mass is 9.80. The summed E-state index contributed by atoms with van der Waals surface area (Å²) in [5.41, 5.74) is 6.78. The number of furan rings is 2. The molecule has 0 saturated carbocycles. The molecule has 0 spiro atoms. The van der Waals surface area contributed by atoms with E-state index in [0.29, 0.717) is 129 Å². The normalized spacial score (nSPS) is 17.3. The lowest BCUT2D eigenvalue weighted by molar-refractivity contribution is -0.136. The van der Waals surface area contributed by atoms with Crippen LogP contribution < -0.4 is 34.9 Å². The Balaban J connectivity index is 0.844. The number of hydrogen-bond donors (Lipinski definition) is 3. The molecule has 8 heterocycles. The third-order valence-corrected chi connectivity index (χ3v) is 26.7. The average molecular weight is 1770 g/mol. The van der Waals surface area contributed by atoms with Crippen molar-refractivity contribution in [2.45, 2.75) is 135 Å². The van der Waals surface area contributed by atoms with E-state index < -0.39 is 47.5 Å². The number of para-hydroxylation sites is 2. The number of nitrogens with one attached hydrogen (secondary N) is 3. The van der Waals surface area contributed by atoms with Crippen molar-refractivity contribution in [1.82, 2.24) is 35.6 Å². The Labute approximate surface area is 763 Å². The summed E-state index contributed by atoms with van der Waals surface area (Å²) in [7, 11) is 0. The van der Waals surface area contributed by atoms with Gasteiger partial charge in [0.2, 0.25) is 0 Å². The quantitative estimate of drug-likeness (QED) is 0.0107. The van der Waals surface area contributed by atoms with Gasteiger partial charge in [0, 0.05) is 130 Å². The zero-order valence-electron chi connectivity index (χ0n) is 75.2. The van der Waals surface area contributed by atoms with Gasteiger partial charge in [0.25, 0.3) is 35.4 Å². The van der Waals surface area contributed by atoms with E-state index in [4.69, 9.17) is 46.7 Å². The monoisotopic (exact) mass is 1770 g/mol. The number of imide groups is 2. The molecule has 23 heteroatoms. The number of epoxide rings is 4. The molecule has 6 unspecified atom stereocenters. The Morgan fingerprint density at radius 2 is 0.621 bits per heavy atom. The highest BCUT2D eigenvalue weighted by Gasteiger charge is 2.49. The number of carbonyl (C=O) groups excluding carboxylic acids is 6. The van der Waals surface area contributed by atoms with Gasteiger partial charge in [-0.3, -0.25) is 38.6 Å². The average Bonchev–Trinajstić information content (AvgIpc) is 1.19. The van der Waals surface area contributed by atoms with Gasteiger partial charge in [-0.15, -0.1) is 0 Å². The highest BCUT2D eigenvalue weighted by molar-refractivity contribution is 6.45. The van der Waals surface area contributed by atoms with Crippen molar-refractivity contribution in [3.05, 3.63) is 262 Å². The van der Waals surface area contributed by atoms with Gasteiger partial charge in [0.05, 0.1) is 73.1 Å². The number of hydrogen-bond acceptors (Lipinski definition) is 19. The maximum atomic E-state index is 17.5. The number of fused-ring (bicyclic) bond motifs is 8. The van der Waals surface area contributed by atoms with E-state index in [1.165, 1.54) is 0 Å². The second-order valence-electron chi connectivity index (χ2n) is 37.0. The molecule has 6 atom stereocenters. The smallest absolute Gasteiger partial charge is 0.262 e. The summed E-state index contributed by atoms with van der Waals surface area (Å²) >= 11 is 0. The topological polar surface area (TPSA) is 265 Å². The third-order valence-electron chi connectivity index (χ3n) is 26.7. The number of unbranched alkanes of at least 4 members (excludes halogenated alkanes) is 1. The van der Waals surface area contributed by atoms with E-state index in [1.54, 1.807) is 52.3 Å². The minimum atomic E-state index is -1.64. The number of nitrogens with zero attached hydrogens (tertiary/aromatic N) is 4. The predicted octanol–water partition coefficient (Wildman–Crippen LogP) is 21.1. The van der Waals surface area contributed by atoms with Crippen molar-refractivity contribution in [2.75, 3.05) is 91.9 Å². The lowest BCUT2D eigenvalue weighted by Gasteiger charge is -2.38. The lowest BCUT2D eigenvalue weighted by Crippen LogP contribution is -2.51. The summed E-state index contributed by atoms with van der Waals surface area (Å²) in [6, 6.07) is 60.4. The third kappa shape index (κ3) is 16.7. The first-order valence-corrected chi connectivity index (χ1v) is 46.4. The first kappa shape index (κ1) is 85.7. The summed E-state index contributed by atoms with van der Waals surface area (Å²) in [4.78, 5) is 110. The molecular formula is C109H105N7O16. The van der Waals surface area contributed by atoms with Crippen LogP contribution in [0.15, 0.2) is 215 Å². The van der Waals surface area contributed by atoms with Gasteiger partial charge in [-0.25, -0.2) is 0 Å². The molecule has 15 aromatic rings. The Kier molecular flexibility index (Phi) is 23.1. The zero-order valence-corrected chi connectivity index (χ0v) is 75.2.